The van der Waals surface area contributed by atoms with Crippen molar-refractivity contribution in [3.05, 3.63) is 24.3 Å². The highest BCUT2D eigenvalue weighted by Crippen LogP contribution is 2.60. The van der Waals surface area contributed by atoms with Crippen LogP contribution in [0.5, 0.6) is 0 Å². The third kappa shape index (κ3) is 4.07. The fraction of sp³-hybridized carbons (Fsp3) is 0.591. The summed E-state index contributed by atoms with van der Waals surface area (Å²) in [6.45, 7) is 1.97. The van der Waals surface area contributed by atoms with Crippen LogP contribution >= 0.6 is 12.2 Å². The largest absolute Gasteiger partial charge is 0.332 e. The molecule has 4 saturated carbocycles. The van der Waals surface area contributed by atoms with E-state index in [2.05, 4.69) is 16.0 Å². The second-order valence-corrected chi connectivity index (χ2v) is 9.39. The van der Waals surface area contributed by atoms with E-state index in [0.717, 1.165) is 54.8 Å². The Morgan fingerprint density at radius 3 is 2.18 bits per heavy atom. The minimum Gasteiger partial charge on any atom is -0.332 e. The number of carbonyl (C=O) groups is 2. The Kier molecular flexibility index (Phi) is 5.41. The number of nitrogens with one attached hydrogen (secondary N) is 3. The summed E-state index contributed by atoms with van der Waals surface area (Å²) in [5.41, 5.74) is 1.26. The topological polar surface area (TPSA) is 70.2 Å². The van der Waals surface area contributed by atoms with Gasteiger partial charge < -0.3 is 16.0 Å². The second-order valence-electron chi connectivity index (χ2n) is 8.99. The predicted octanol–water partition coefficient (Wildman–Crippen LogP) is 4.45. The molecule has 0 unspecified atom stereocenters. The second kappa shape index (κ2) is 7.82. The van der Waals surface area contributed by atoms with Gasteiger partial charge in [-0.2, -0.15) is 0 Å². The summed E-state index contributed by atoms with van der Waals surface area (Å²) in [4.78, 5) is 24.9. The molecule has 5 rings (SSSR count). The van der Waals surface area contributed by atoms with E-state index in [4.69, 9.17) is 12.2 Å². The number of rotatable bonds is 5. The molecule has 150 valence electrons. The summed E-state index contributed by atoms with van der Waals surface area (Å²) < 4.78 is 0. The molecule has 4 fully saturated rings. The van der Waals surface area contributed by atoms with Gasteiger partial charge in [0.2, 0.25) is 11.8 Å². The highest BCUT2D eigenvalue weighted by atomic mass is 32.1. The molecule has 4 aliphatic rings. The molecule has 2 amide bonds. The molecule has 3 N–H and O–H groups in total. The Bertz CT molecular complexity index is 756. The zero-order chi connectivity index (χ0) is 19.7. The monoisotopic (exact) mass is 399 g/mol. The maximum atomic E-state index is 13.1. The summed E-state index contributed by atoms with van der Waals surface area (Å²) in [6.07, 6.45) is 8.30. The zero-order valence-electron chi connectivity index (χ0n) is 16.4. The minimum absolute atomic E-state index is 0.00246. The van der Waals surface area contributed by atoms with Gasteiger partial charge in [0.25, 0.3) is 0 Å². The molecule has 1 aromatic rings. The lowest BCUT2D eigenvalue weighted by molar-refractivity contribution is -0.144. The highest BCUT2D eigenvalue weighted by Gasteiger charge is 2.54. The summed E-state index contributed by atoms with van der Waals surface area (Å²) in [5, 5.41) is 9.27. The van der Waals surface area contributed by atoms with Crippen LogP contribution in [0.4, 0.5) is 11.4 Å². The normalized spacial score (nSPS) is 30.0. The van der Waals surface area contributed by atoms with Gasteiger partial charge in [-0.25, -0.2) is 0 Å². The molecular formula is C22H29N3O2S. The van der Waals surface area contributed by atoms with Crippen molar-refractivity contribution in [2.24, 2.45) is 23.2 Å². The van der Waals surface area contributed by atoms with Crippen LogP contribution in [0.15, 0.2) is 24.3 Å². The van der Waals surface area contributed by atoms with Crippen molar-refractivity contribution < 1.29 is 9.59 Å². The van der Waals surface area contributed by atoms with E-state index in [9.17, 15) is 9.59 Å². The molecule has 4 bridgehead atoms. The van der Waals surface area contributed by atoms with Crippen molar-refractivity contribution in [1.82, 2.24) is 5.32 Å². The molecule has 0 spiro atoms. The van der Waals surface area contributed by atoms with Gasteiger partial charge >= 0.3 is 0 Å². The molecule has 0 radical (unpaired) electrons. The molecule has 0 atom stereocenters. The zero-order valence-corrected chi connectivity index (χ0v) is 17.2. The van der Waals surface area contributed by atoms with Gasteiger partial charge in [0.05, 0.1) is 5.41 Å². The molecule has 1 aromatic carbocycles. The van der Waals surface area contributed by atoms with E-state index in [0.29, 0.717) is 11.5 Å². The van der Waals surface area contributed by atoms with Crippen molar-refractivity contribution in [2.45, 2.75) is 58.3 Å². The van der Waals surface area contributed by atoms with E-state index in [-0.39, 0.29) is 17.2 Å². The van der Waals surface area contributed by atoms with Gasteiger partial charge in [-0.1, -0.05) is 13.0 Å². The lowest BCUT2D eigenvalue weighted by atomic mass is 9.49. The standard InChI is InChI=1S/C22H29N3O2S/c1-2-4-19(26)23-17-5-3-6-18(10-17)24-21(28)25-20(27)22-11-14-7-15(12-22)9-16(8-14)13-22/h3,5-6,10,14-16H,2,4,7-9,11-13H2,1H3,(H,23,26)(H2,24,25,27,28). The fourth-order valence-corrected chi connectivity index (χ4v) is 6.12. The SMILES string of the molecule is CCCC(=O)Nc1cccc(NC(=S)NC(=O)C23CC4CC(CC(C4)C2)C3)c1. The maximum absolute atomic E-state index is 13.1. The number of anilines is 2. The van der Waals surface area contributed by atoms with Crippen LogP contribution in [0.2, 0.25) is 0 Å². The Morgan fingerprint density at radius 1 is 1.04 bits per heavy atom. The van der Waals surface area contributed by atoms with Gasteiger partial charge in [0, 0.05) is 17.8 Å². The summed E-state index contributed by atoms with van der Waals surface area (Å²) in [5.74, 6) is 2.26. The van der Waals surface area contributed by atoms with Crippen LogP contribution in [0.1, 0.15) is 58.3 Å². The van der Waals surface area contributed by atoms with Crippen molar-refractivity contribution in [2.75, 3.05) is 10.6 Å². The maximum Gasteiger partial charge on any atom is 0.232 e. The first-order valence-electron chi connectivity index (χ1n) is 10.5. The van der Waals surface area contributed by atoms with Gasteiger partial charge in [-0.15, -0.1) is 0 Å². The fourth-order valence-electron chi connectivity index (χ4n) is 5.91. The predicted molar refractivity (Wildman–Crippen MR) is 115 cm³/mol. The average molecular weight is 400 g/mol. The van der Waals surface area contributed by atoms with Gasteiger partial charge in [-0.05, 0) is 93.1 Å². The minimum atomic E-state index is -0.212. The van der Waals surface area contributed by atoms with Crippen LogP contribution in [-0.4, -0.2) is 16.9 Å². The van der Waals surface area contributed by atoms with Gasteiger partial charge in [0.1, 0.15) is 0 Å². The quantitative estimate of drug-likeness (QED) is 0.640. The number of carbonyl (C=O) groups excluding carboxylic acids is 2. The Hall–Kier alpha value is -1.95. The van der Waals surface area contributed by atoms with E-state index in [1.807, 2.05) is 31.2 Å². The van der Waals surface area contributed by atoms with Crippen LogP contribution < -0.4 is 16.0 Å². The molecule has 0 saturated heterocycles. The molecule has 28 heavy (non-hydrogen) atoms. The van der Waals surface area contributed by atoms with E-state index in [1.54, 1.807) is 0 Å². The molecule has 5 nitrogen and oxygen atoms in total. The summed E-state index contributed by atoms with van der Waals surface area (Å²) >= 11 is 5.41. The molecule has 0 aromatic heterocycles. The number of hydrogen-bond donors (Lipinski definition) is 3. The van der Waals surface area contributed by atoms with Crippen molar-refractivity contribution in [3.8, 4) is 0 Å². The van der Waals surface area contributed by atoms with E-state index in [1.165, 1.54) is 19.3 Å². The smallest absolute Gasteiger partial charge is 0.232 e. The third-order valence-corrected chi connectivity index (χ3v) is 6.83. The third-order valence-electron chi connectivity index (χ3n) is 6.63. The number of amides is 2. The first-order valence-corrected chi connectivity index (χ1v) is 10.9. The molecular weight excluding hydrogens is 370 g/mol. The molecule has 6 heteroatoms. The molecule has 0 heterocycles. The Morgan fingerprint density at radius 2 is 1.61 bits per heavy atom. The van der Waals surface area contributed by atoms with Gasteiger partial charge in [-0.3, -0.25) is 9.59 Å². The molecule has 0 aliphatic heterocycles. The average Bonchev–Trinajstić information content (AvgIpc) is 2.60. The Labute approximate surface area is 172 Å². The van der Waals surface area contributed by atoms with Crippen LogP contribution in [0, 0.1) is 23.2 Å². The number of thiocarbonyl (C=S) groups is 1. The first-order chi connectivity index (χ1) is 13.5. The molecule has 4 aliphatic carbocycles. The lowest BCUT2D eigenvalue weighted by Crippen LogP contribution is -2.55. The lowest BCUT2D eigenvalue weighted by Gasteiger charge is -2.55. The first kappa shape index (κ1) is 19.4. The number of benzene rings is 1. The van der Waals surface area contributed by atoms with E-state index >= 15 is 0 Å². The number of hydrogen-bond acceptors (Lipinski definition) is 3. The van der Waals surface area contributed by atoms with Gasteiger partial charge in [0.15, 0.2) is 5.11 Å². The van der Waals surface area contributed by atoms with Crippen LogP contribution in [-0.2, 0) is 9.59 Å². The highest BCUT2D eigenvalue weighted by molar-refractivity contribution is 7.80. The van der Waals surface area contributed by atoms with Crippen LogP contribution in [0.3, 0.4) is 0 Å². The summed E-state index contributed by atoms with van der Waals surface area (Å²) in [6, 6.07) is 7.40. The van der Waals surface area contributed by atoms with E-state index < -0.39 is 0 Å². The van der Waals surface area contributed by atoms with Crippen molar-refractivity contribution >= 4 is 40.5 Å². The van der Waals surface area contributed by atoms with Crippen LogP contribution in [0.25, 0.3) is 0 Å². The Balaban J connectivity index is 1.36. The summed E-state index contributed by atoms with van der Waals surface area (Å²) in [7, 11) is 0. The van der Waals surface area contributed by atoms with Crippen molar-refractivity contribution in [3.63, 3.8) is 0 Å². The van der Waals surface area contributed by atoms with Crippen molar-refractivity contribution in [1.29, 1.82) is 0 Å².